The Kier molecular flexibility index (Phi) is 5.51. The van der Waals surface area contributed by atoms with Crippen LogP contribution in [-0.2, 0) is 4.74 Å². The maximum atomic E-state index is 5.42. The highest BCUT2D eigenvalue weighted by molar-refractivity contribution is 4.55. The topological polar surface area (TPSA) is 12.5 Å². The molecule has 0 N–H and O–H groups in total. The van der Waals surface area contributed by atoms with Crippen molar-refractivity contribution in [2.24, 2.45) is 0 Å². The second-order valence-corrected chi connectivity index (χ2v) is 3.49. The van der Waals surface area contributed by atoms with E-state index in [0.29, 0.717) is 12.1 Å². The molecular weight excluding hydrogens is 138 g/mol. The highest BCUT2D eigenvalue weighted by atomic mass is 16.5. The fourth-order valence-electron chi connectivity index (χ4n) is 0.691. The van der Waals surface area contributed by atoms with Crippen molar-refractivity contribution in [3.8, 4) is 0 Å². The minimum absolute atomic E-state index is 0.357. The second kappa shape index (κ2) is 5.56. The molecule has 0 aromatic rings. The van der Waals surface area contributed by atoms with Gasteiger partial charge in [0.15, 0.2) is 0 Å². The van der Waals surface area contributed by atoms with E-state index in [0.717, 1.165) is 13.2 Å². The summed E-state index contributed by atoms with van der Waals surface area (Å²) in [4.78, 5) is 2.28. The van der Waals surface area contributed by atoms with Gasteiger partial charge in [-0.25, -0.2) is 0 Å². The molecule has 0 aliphatic carbocycles. The van der Waals surface area contributed by atoms with Crippen LogP contribution < -0.4 is 0 Å². The minimum atomic E-state index is 0.357. The van der Waals surface area contributed by atoms with Crippen LogP contribution in [0, 0.1) is 0 Å². The lowest BCUT2D eigenvalue weighted by Crippen LogP contribution is -2.30. The zero-order valence-corrected chi connectivity index (χ0v) is 8.42. The van der Waals surface area contributed by atoms with Crippen molar-refractivity contribution in [2.45, 2.75) is 39.8 Å². The first-order chi connectivity index (χ1) is 5.04. The van der Waals surface area contributed by atoms with Gasteiger partial charge in [0.05, 0.1) is 12.7 Å². The first-order valence-electron chi connectivity index (χ1n) is 4.36. The van der Waals surface area contributed by atoms with E-state index in [9.17, 15) is 0 Å². The van der Waals surface area contributed by atoms with Crippen molar-refractivity contribution in [2.75, 3.05) is 20.2 Å². The average molecular weight is 159 g/mol. The van der Waals surface area contributed by atoms with E-state index in [4.69, 9.17) is 4.74 Å². The van der Waals surface area contributed by atoms with E-state index < -0.39 is 0 Å². The van der Waals surface area contributed by atoms with Crippen LogP contribution in [0.4, 0.5) is 0 Å². The Bertz CT molecular complexity index is 91.6. The first kappa shape index (κ1) is 10.9. The molecule has 2 nitrogen and oxygen atoms in total. The SMILES string of the molecule is CC(C)OCCN(C)C(C)C. The summed E-state index contributed by atoms with van der Waals surface area (Å²) in [6.07, 6.45) is 0.357. The molecule has 0 saturated carbocycles. The van der Waals surface area contributed by atoms with E-state index in [-0.39, 0.29) is 0 Å². The van der Waals surface area contributed by atoms with Gasteiger partial charge >= 0.3 is 0 Å². The Balaban J connectivity index is 3.24. The van der Waals surface area contributed by atoms with E-state index in [1.54, 1.807) is 0 Å². The van der Waals surface area contributed by atoms with Crippen LogP contribution in [0.3, 0.4) is 0 Å². The van der Waals surface area contributed by atoms with E-state index in [1.807, 2.05) is 0 Å². The van der Waals surface area contributed by atoms with Crippen LogP contribution in [0.2, 0.25) is 0 Å². The predicted octanol–water partition coefficient (Wildman–Crippen LogP) is 1.75. The van der Waals surface area contributed by atoms with Crippen LogP contribution in [0.1, 0.15) is 27.7 Å². The highest BCUT2D eigenvalue weighted by Crippen LogP contribution is 1.94. The van der Waals surface area contributed by atoms with Gasteiger partial charge in [0, 0.05) is 12.6 Å². The van der Waals surface area contributed by atoms with Gasteiger partial charge in [0.2, 0.25) is 0 Å². The maximum Gasteiger partial charge on any atom is 0.0596 e. The van der Waals surface area contributed by atoms with Gasteiger partial charge < -0.3 is 9.64 Å². The molecule has 0 amide bonds. The van der Waals surface area contributed by atoms with Crippen LogP contribution in [0.5, 0.6) is 0 Å². The largest absolute Gasteiger partial charge is 0.377 e. The van der Waals surface area contributed by atoms with Gasteiger partial charge in [-0.1, -0.05) is 0 Å². The zero-order valence-electron chi connectivity index (χ0n) is 8.42. The van der Waals surface area contributed by atoms with Crippen molar-refractivity contribution in [3.63, 3.8) is 0 Å². The lowest BCUT2D eigenvalue weighted by atomic mass is 10.3. The average Bonchev–Trinajstić information content (AvgIpc) is 1.86. The Morgan fingerprint density at radius 3 is 2.09 bits per heavy atom. The number of hydrogen-bond acceptors (Lipinski definition) is 2. The molecule has 0 radical (unpaired) electrons. The molecule has 68 valence electrons. The standard InChI is InChI=1S/C9H21NO/c1-8(2)10(5)6-7-11-9(3)4/h8-9H,6-7H2,1-5H3. The first-order valence-corrected chi connectivity index (χ1v) is 4.36. The van der Waals surface area contributed by atoms with Crippen molar-refractivity contribution in [1.29, 1.82) is 0 Å². The van der Waals surface area contributed by atoms with Crippen LogP contribution in [-0.4, -0.2) is 37.2 Å². The molecule has 0 heterocycles. The minimum Gasteiger partial charge on any atom is -0.377 e. The van der Waals surface area contributed by atoms with Crippen LogP contribution >= 0.6 is 0 Å². The zero-order chi connectivity index (χ0) is 8.85. The summed E-state index contributed by atoms with van der Waals surface area (Å²) in [7, 11) is 2.12. The Morgan fingerprint density at radius 1 is 1.18 bits per heavy atom. The van der Waals surface area contributed by atoms with E-state index in [2.05, 4.69) is 39.6 Å². The number of likely N-dealkylation sites (N-methyl/N-ethyl adjacent to an activating group) is 1. The molecule has 11 heavy (non-hydrogen) atoms. The molecule has 0 saturated heterocycles. The molecule has 0 fully saturated rings. The molecule has 0 bridgehead atoms. The number of ether oxygens (including phenoxy) is 1. The molecule has 0 atom stereocenters. The summed E-state index contributed by atoms with van der Waals surface area (Å²) in [6, 6.07) is 0.616. The third-order valence-corrected chi connectivity index (χ3v) is 1.78. The molecule has 0 aromatic carbocycles. The fourth-order valence-corrected chi connectivity index (χ4v) is 0.691. The van der Waals surface area contributed by atoms with Gasteiger partial charge in [-0.2, -0.15) is 0 Å². The third-order valence-electron chi connectivity index (χ3n) is 1.78. The predicted molar refractivity (Wildman–Crippen MR) is 48.9 cm³/mol. The maximum absolute atomic E-state index is 5.42. The Hall–Kier alpha value is -0.0800. The molecule has 0 aromatic heterocycles. The smallest absolute Gasteiger partial charge is 0.0596 e. The van der Waals surface area contributed by atoms with Crippen molar-refractivity contribution < 1.29 is 4.74 Å². The molecule has 0 unspecified atom stereocenters. The molecular formula is C9H21NO. The molecule has 0 aliphatic rings. The quantitative estimate of drug-likeness (QED) is 0.606. The molecule has 0 aliphatic heterocycles. The monoisotopic (exact) mass is 159 g/mol. The van der Waals surface area contributed by atoms with Crippen molar-refractivity contribution >= 4 is 0 Å². The Labute approximate surface area is 70.5 Å². The summed E-state index contributed by atoms with van der Waals surface area (Å²) in [5.74, 6) is 0. The summed E-state index contributed by atoms with van der Waals surface area (Å²) < 4.78 is 5.42. The summed E-state index contributed by atoms with van der Waals surface area (Å²) >= 11 is 0. The van der Waals surface area contributed by atoms with E-state index in [1.165, 1.54) is 0 Å². The lowest BCUT2D eigenvalue weighted by Gasteiger charge is -2.21. The van der Waals surface area contributed by atoms with Gasteiger partial charge in [-0.15, -0.1) is 0 Å². The van der Waals surface area contributed by atoms with E-state index >= 15 is 0 Å². The lowest BCUT2D eigenvalue weighted by molar-refractivity contribution is 0.0588. The number of rotatable bonds is 5. The number of hydrogen-bond donors (Lipinski definition) is 0. The van der Waals surface area contributed by atoms with Crippen LogP contribution in [0.25, 0.3) is 0 Å². The van der Waals surface area contributed by atoms with Gasteiger partial charge in [-0.05, 0) is 34.7 Å². The van der Waals surface area contributed by atoms with Crippen molar-refractivity contribution in [1.82, 2.24) is 4.90 Å². The van der Waals surface area contributed by atoms with Gasteiger partial charge in [0.25, 0.3) is 0 Å². The normalized spacial score (nSPS) is 12.0. The highest BCUT2D eigenvalue weighted by Gasteiger charge is 2.02. The molecule has 0 rings (SSSR count). The van der Waals surface area contributed by atoms with Gasteiger partial charge in [0.1, 0.15) is 0 Å². The Morgan fingerprint density at radius 2 is 1.73 bits per heavy atom. The second-order valence-electron chi connectivity index (χ2n) is 3.49. The number of nitrogens with zero attached hydrogens (tertiary/aromatic N) is 1. The summed E-state index contributed by atoms with van der Waals surface area (Å²) in [5.41, 5.74) is 0. The van der Waals surface area contributed by atoms with Gasteiger partial charge in [-0.3, -0.25) is 0 Å². The molecule has 2 heteroatoms. The summed E-state index contributed by atoms with van der Waals surface area (Å²) in [5, 5.41) is 0. The van der Waals surface area contributed by atoms with Crippen molar-refractivity contribution in [3.05, 3.63) is 0 Å². The summed E-state index contributed by atoms with van der Waals surface area (Å²) in [6.45, 7) is 10.4. The fraction of sp³-hybridized carbons (Fsp3) is 1.00. The van der Waals surface area contributed by atoms with Crippen LogP contribution in [0.15, 0.2) is 0 Å². The third kappa shape index (κ3) is 6.32. The molecule has 0 spiro atoms.